The molecular formula is C18H23BrN4O4. The number of urea groups is 1. The lowest BCUT2D eigenvalue weighted by atomic mass is 9.64. The van der Waals surface area contributed by atoms with Crippen LogP contribution in [0.1, 0.15) is 40.0 Å². The Hall–Kier alpha value is -2.16. The van der Waals surface area contributed by atoms with Gasteiger partial charge in [0.25, 0.3) is 11.5 Å². The highest BCUT2D eigenvalue weighted by molar-refractivity contribution is 9.10. The number of hydrogen-bond donors (Lipinski definition) is 3. The number of hydrogen-bond acceptors (Lipinski definition) is 4. The molecule has 2 heterocycles. The fourth-order valence-corrected chi connectivity index (χ4v) is 4.88. The molecule has 2 unspecified atom stereocenters. The van der Waals surface area contributed by atoms with Crippen LogP contribution in [-0.2, 0) is 9.59 Å². The van der Waals surface area contributed by atoms with Crippen molar-refractivity contribution >= 4 is 39.5 Å². The van der Waals surface area contributed by atoms with E-state index in [0.29, 0.717) is 17.3 Å². The Bertz CT molecular complexity index is 865. The first-order chi connectivity index (χ1) is 12.5. The summed E-state index contributed by atoms with van der Waals surface area (Å²) >= 11 is 3.21. The number of rotatable bonds is 3. The number of H-pyrrole nitrogens is 1. The predicted octanol–water partition coefficient (Wildman–Crippen LogP) is 2.21. The molecule has 0 aromatic carbocycles. The topological polar surface area (TPSA) is 111 Å². The van der Waals surface area contributed by atoms with Crippen molar-refractivity contribution in [2.75, 3.05) is 11.9 Å². The first-order valence-corrected chi connectivity index (χ1v) is 9.63. The minimum Gasteiger partial charge on any atom is -0.326 e. The summed E-state index contributed by atoms with van der Waals surface area (Å²) < 4.78 is 0.588. The molecule has 1 aromatic heterocycles. The molecule has 1 saturated carbocycles. The quantitative estimate of drug-likeness (QED) is 0.627. The molecule has 3 rings (SSSR count). The smallest absolute Gasteiger partial charge is 0.325 e. The molecule has 4 amide bonds. The Labute approximate surface area is 165 Å². The van der Waals surface area contributed by atoms with E-state index in [9.17, 15) is 19.2 Å². The van der Waals surface area contributed by atoms with Crippen LogP contribution in [0.25, 0.3) is 0 Å². The largest absolute Gasteiger partial charge is 0.326 e. The number of imide groups is 1. The average Bonchev–Trinajstić information content (AvgIpc) is 2.72. The summed E-state index contributed by atoms with van der Waals surface area (Å²) in [6.07, 6.45) is 3.53. The molecule has 1 aliphatic heterocycles. The normalized spacial score (nSPS) is 27.0. The second-order valence-corrected chi connectivity index (χ2v) is 9.28. The van der Waals surface area contributed by atoms with E-state index in [1.54, 1.807) is 0 Å². The van der Waals surface area contributed by atoms with Crippen molar-refractivity contribution in [3.05, 3.63) is 27.1 Å². The second-order valence-electron chi connectivity index (χ2n) is 8.37. The lowest BCUT2D eigenvalue weighted by Gasteiger charge is -2.43. The Balaban J connectivity index is 1.75. The molecule has 8 nitrogen and oxygen atoms in total. The molecule has 2 fully saturated rings. The number of nitrogens with one attached hydrogen (secondary N) is 3. The molecule has 1 saturated heterocycles. The van der Waals surface area contributed by atoms with Crippen molar-refractivity contribution in [2.24, 2.45) is 11.3 Å². The van der Waals surface area contributed by atoms with Crippen molar-refractivity contribution in [3.63, 3.8) is 0 Å². The summed E-state index contributed by atoms with van der Waals surface area (Å²) in [4.78, 5) is 53.0. The number of halogens is 1. The van der Waals surface area contributed by atoms with Crippen LogP contribution in [0.15, 0.2) is 21.5 Å². The SMILES string of the molecule is CC1CC(C)(C)CC2(C1)NC(=O)N(CC(=O)Nc1cc(Br)c[nH]c1=O)C2=O. The predicted molar refractivity (Wildman–Crippen MR) is 103 cm³/mol. The van der Waals surface area contributed by atoms with E-state index in [1.807, 2.05) is 0 Å². The van der Waals surface area contributed by atoms with Crippen LogP contribution in [0.5, 0.6) is 0 Å². The van der Waals surface area contributed by atoms with Crippen LogP contribution in [0.4, 0.5) is 10.5 Å². The van der Waals surface area contributed by atoms with Gasteiger partial charge in [0, 0.05) is 10.7 Å². The number of amides is 4. The molecule has 2 aliphatic rings. The van der Waals surface area contributed by atoms with Crippen LogP contribution < -0.4 is 16.2 Å². The van der Waals surface area contributed by atoms with Gasteiger partial charge in [-0.15, -0.1) is 0 Å². The zero-order valence-corrected chi connectivity index (χ0v) is 17.1. The van der Waals surface area contributed by atoms with Crippen molar-refractivity contribution in [1.29, 1.82) is 0 Å². The standard InChI is InChI=1S/C18H23BrN4O4/c1-10-5-17(2,3)9-18(6-10)15(26)23(16(27)22-18)8-13(24)21-12-4-11(19)7-20-14(12)25/h4,7,10H,5-6,8-9H2,1-3H3,(H,20,25)(H,21,24)(H,22,27). The Morgan fingerprint density at radius 3 is 2.70 bits per heavy atom. The summed E-state index contributed by atoms with van der Waals surface area (Å²) in [6.45, 7) is 5.79. The van der Waals surface area contributed by atoms with E-state index in [0.717, 1.165) is 11.3 Å². The van der Waals surface area contributed by atoms with Crippen LogP contribution in [0.2, 0.25) is 0 Å². The number of nitrogens with zero attached hydrogens (tertiary/aromatic N) is 1. The Morgan fingerprint density at radius 2 is 2.04 bits per heavy atom. The van der Waals surface area contributed by atoms with Crippen molar-refractivity contribution in [3.8, 4) is 0 Å². The Kier molecular flexibility index (Phi) is 4.92. The van der Waals surface area contributed by atoms with E-state index in [2.05, 4.69) is 52.3 Å². The molecule has 9 heteroatoms. The van der Waals surface area contributed by atoms with Gasteiger partial charge < -0.3 is 15.6 Å². The van der Waals surface area contributed by atoms with E-state index in [-0.39, 0.29) is 22.9 Å². The minimum absolute atomic E-state index is 0.0450. The molecule has 146 valence electrons. The van der Waals surface area contributed by atoms with E-state index < -0.39 is 29.6 Å². The molecule has 2 atom stereocenters. The number of pyridine rings is 1. The van der Waals surface area contributed by atoms with Crippen molar-refractivity contribution in [1.82, 2.24) is 15.2 Å². The third kappa shape index (κ3) is 3.92. The lowest BCUT2D eigenvalue weighted by Crippen LogP contribution is -2.54. The number of carbonyl (C=O) groups excluding carboxylic acids is 3. The fourth-order valence-electron chi connectivity index (χ4n) is 4.53. The van der Waals surface area contributed by atoms with Gasteiger partial charge >= 0.3 is 6.03 Å². The van der Waals surface area contributed by atoms with E-state index in [4.69, 9.17) is 0 Å². The third-order valence-corrected chi connectivity index (χ3v) is 5.53. The number of aromatic nitrogens is 1. The Morgan fingerprint density at radius 1 is 1.33 bits per heavy atom. The monoisotopic (exact) mass is 438 g/mol. The highest BCUT2D eigenvalue weighted by Gasteiger charge is 2.56. The first kappa shape index (κ1) is 19.6. The summed E-state index contributed by atoms with van der Waals surface area (Å²) in [5, 5.41) is 5.28. The van der Waals surface area contributed by atoms with Gasteiger partial charge in [-0.05, 0) is 52.6 Å². The highest BCUT2D eigenvalue weighted by Crippen LogP contribution is 2.46. The molecule has 27 heavy (non-hydrogen) atoms. The molecule has 1 aliphatic carbocycles. The van der Waals surface area contributed by atoms with Gasteiger partial charge in [0.1, 0.15) is 17.8 Å². The van der Waals surface area contributed by atoms with Gasteiger partial charge in [0.15, 0.2) is 0 Å². The maximum atomic E-state index is 13.0. The van der Waals surface area contributed by atoms with Gasteiger partial charge in [-0.25, -0.2) is 4.79 Å². The summed E-state index contributed by atoms with van der Waals surface area (Å²) in [5.74, 6) is -0.695. The van der Waals surface area contributed by atoms with Gasteiger partial charge in [-0.1, -0.05) is 20.8 Å². The highest BCUT2D eigenvalue weighted by atomic mass is 79.9. The maximum absolute atomic E-state index is 13.0. The lowest BCUT2D eigenvalue weighted by molar-refractivity contribution is -0.136. The van der Waals surface area contributed by atoms with Crippen LogP contribution in [0, 0.1) is 11.3 Å². The van der Waals surface area contributed by atoms with Gasteiger partial charge in [0.2, 0.25) is 5.91 Å². The molecule has 0 bridgehead atoms. The second kappa shape index (κ2) is 6.78. The summed E-state index contributed by atoms with van der Waals surface area (Å²) in [5.41, 5.74) is -1.46. The van der Waals surface area contributed by atoms with Crippen LogP contribution in [-0.4, -0.2) is 39.8 Å². The third-order valence-electron chi connectivity index (χ3n) is 5.07. The van der Waals surface area contributed by atoms with Gasteiger partial charge in [-0.3, -0.25) is 19.3 Å². The number of anilines is 1. The molecule has 1 spiro atoms. The average molecular weight is 439 g/mol. The van der Waals surface area contributed by atoms with Gasteiger partial charge in [-0.2, -0.15) is 0 Å². The van der Waals surface area contributed by atoms with Crippen LogP contribution in [0.3, 0.4) is 0 Å². The zero-order valence-electron chi connectivity index (χ0n) is 15.5. The molecule has 0 radical (unpaired) electrons. The van der Waals surface area contributed by atoms with E-state index in [1.165, 1.54) is 12.3 Å². The van der Waals surface area contributed by atoms with E-state index >= 15 is 0 Å². The molecule has 3 N–H and O–H groups in total. The summed E-state index contributed by atoms with van der Waals surface area (Å²) in [7, 11) is 0. The number of aromatic amines is 1. The molecular weight excluding hydrogens is 416 g/mol. The first-order valence-electron chi connectivity index (χ1n) is 8.84. The summed E-state index contributed by atoms with van der Waals surface area (Å²) in [6, 6.07) is 0.887. The minimum atomic E-state index is -0.953. The van der Waals surface area contributed by atoms with Gasteiger partial charge in [0.05, 0.1) is 0 Å². The van der Waals surface area contributed by atoms with Crippen LogP contribution >= 0.6 is 15.9 Å². The van der Waals surface area contributed by atoms with Crippen molar-refractivity contribution < 1.29 is 14.4 Å². The number of carbonyl (C=O) groups is 3. The molecule has 1 aromatic rings. The fraction of sp³-hybridized carbons (Fsp3) is 0.556. The van der Waals surface area contributed by atoms with Crippen molar-refractivity contribution in [2.45, 2.75) is 45.6 Å². The zero-order chi connectivity index (χ0) is 20.0. The maximum Gasteiger partial charge on any atom is 0.325 e.